The summed E-state index contributed by atoms with van der Waals surface area (Å²) < 4.78 is 5.83. The molecule has 1 aromatic heterocycles. The van der Waals surface area contributed by atoms with E-state index in [4.69, 9.17) is 10.2 Å². The van der Waals surface area contributed by atoms with Gasteiger partial charge in [0.2, 0.25) is 0 Å². The zero-order valence-corrected chi connectivity index (χ0v) is 13.5. The standard InChI is InChI=1S/C18H17NO.C2H6/c1-13(10-11-19)6-7-14-8-9-18-16(12-14)15-4-2-3-5-17(15)20-18;1-2/h2-6,8-12H,7,19H2,1H3;1-2H3/b11-10-,13-6-;. The molecule has 0 spiro atoms. The Balaban J connectivity index is 0.000000847. The van der Waals surface area contributed by atoms with Crippen molar-refractivity contribution in [1.29, 1.82) is 0 Å². The van der Waals surface area contributed by atoms with Gasteiger partial charge in [-0.1, -0.05) is 49.8 Å². The monoisotopic (exact) mass is 293 g/mol. The molecule has 0 unspecified atom stereocenters. The zero-order valence-electron chi connectivity index (χ0n) is 13.5. The van der Waals surface area contributed by atoms with Gasteiger partial charge >= 0.3 is 0 Å². The van der Waals surface area contributed by atoms with E-state index in [1.54, 1.807) is 6.20 Å². The molecule has 0 atom stereocenters. The molecule has 0 fully saturated rings. The molecule has 2 aromatic carbocycles. The minimum atomic E-state index is 0.894. The molecule has 0 saturated carbocycles. The van der Waals surface area contributed by atoms with Crippen molar-refractivity contribution >= 4 is 21.9 Å². The lowest BCUT2D eigenvalue weighted by Crippen LogP contribution is -1.83. The molecule has 0 aliphatic heterocycles. The number of fused-ring (bicyclic) bond motifs is 3. The van der Waals surface area contributed by atoms with Gasteiger partial charge in [0.1, 0.15) is 11.2 Å². The molecular formula is C20H23NO. The summed E-state index contributed by atoms with van der Waals surface area (Å²) in [5.41, 5.74) is 9.71. The molecule has 0 bridgehead atoms. The summed E-state index contributed by atoms with van der Waals surface area (Å²) >= 11 is 0. The predicted octanol–water partition coefficient (Wildman–Crippen LogP) is 5.57. The van der Waals surface area contributed by atoms with Crippen molar-refractivity contribution in [3.05, 3.63) is 72.0 Å². The van der Waals surface area contributed by atoms with Gasteiger partial charge in [-0.25, -0.2) is 0 Å². The maximum Gasteiger partial charge on any atom is 0.135 e. The molecule has 0 aliphatic carbocycles. The van der Waals surface area contributed by atoms with E-state index in [1.807, 2.05) is 44.2 Å². The number of allylic oxidation sites excluding steroid dienone is 3. The van der Waals surface area contributed by atoms with Gasteiger partial charge in [0.25, 0.3) is 0 Å². The minimum Gasteiger partial charge on any atom is -0.456 e. The Morgan fingerprint density at radius 2 is 1.77 bits per heavy atom. The van der Waals surface area contributed by atoms with E-state index in [0.717, 1.165) is 17.6 Å². The molecule has 1 heterocycles. The quantitative estimate of drug-likeness (QED) is 0.641. The number of nitrogens with two attached hydrogens (primary N) is 1. The molecule has 0 radical (unpaired) electrons. The fraction of sp³-hybridized carbons (Fsp3) is 0.200. The van der Waals surface area contributed by atoms with Crippen molar-refractivity contribution in [2.45, 2.75) is 27.2 Å². The summed E-state index contributed by atoms with van der Waals surface area (Å²) in [5, 5.41) is 2.35. The van der Waals surface area contributed by atoms with Crippen LogP contribution in [0.25, 0.3) is 21.9 Å². The molecule has 22 heavy (non-hydrogen) atoms. The first-order valence-electron chi connectivity index (χ1n) is 7.73. The minimum absolute atomic E-state index is 0.894. The summed E-state index contributed by atoms with van der Waals surface area (Å²) in [6.45, 7) is 6.05. The lowest BCUT2D eigenvalue weighted by molar-refractivity contribution is 0.669. The van der Waals surface area contributed by atoms with Crippen LogP contribution in [-0.4, -0.2) is 0 Å². The molecular weight excluding hydrogens is 270 g/mol. The molecule has 114 valence electrons. The Hall–Kier alpha value is -2.48. The van der Waals surface area contributed by atoms with Crippen molar-refractivity contribution in [1.82, 2.24) is 0 Å². The molecule has 2 nitrogen and oxygen atoms in total. The maximum atomic E-state index is 5.83. The van der Waals surface area contributed by atoms with Crippen LogP contribution in [-0.2, 0) is 6.42 Å². The van der Waals surface area contributed by atoms with Crippen LogP contribution in [0.3, 0.4) is 0 Å². The number of hydrogen-bond acceptors (Lipinski definition) is 2. The van der Waals surface area contributed by atoms with Crippen molar-refractivity contribution in [3.8, 4) is 0 Å². The highest BCUT2D eigenvalue weighted by atomic mass is 16.3. The topological polar surface area (TPSA) is 39.2 Å². The Morgan fingerprint density at radius 1 is 1.05 bits per heavy atom. The van der Waals surface area contributed by atoms with E-state index >= 15 is 0 Å². The first-order chi connectivity index (χ1) is 10.8. The Labute approximate surface area is 131 Å². The number of hydrogen-bond donors (Lipinski definition) is 1. The SMILES string of the molecule is CC.CC(/C=C\N)=C/Cc1ccc2oc3ccccc3c2c1. The van der Waals surface area contributed by atoms with Gasteiger partial charge in [-0.3, -0.25) is 0 Å². The van der Waals surface area contributed by atoms with E-state index < -0.39 is 0 Å². The van der Waals surface area contributed by atoms with Crippen LogP contribution in [0, 0.1) is 0 Å². The molecule has 3 aromatic rings. The largest absolute Gasteiger partial charge is 0.456 e. The zero-order chi connectivity index (χ0) is 15.9. The van der Waals surface area contributed by atoms with Crippen molar-refractivity contribution in [2.24, 2.45) is 5.73 Å². The highest BCUT2D eigenvalue weighted by Crippen LogP contribution is 2.29. The van der Waals surface area contributed by atoms with E-state index in [0.29, 0.717) is 0 Å². The van der Waals surface area contributed by atoms with Gasteiger partial charge in [-0.05, 0) is 49.4 Å². The average Bonchev–Trinajstić information content (AvgIpc) is 2.93. The van der Waals surface area contributed by atoms with Gasteiger partial charge in [0.15, 0.2) is 0 Å². The second-order valence-corrected chi connectivity index (χ2v) is 4.94. The van der Waals surface area contributed by atoms with E-state index in [9.17, 15) is 0 Å². The van der Waals surface area contributed by atoms with Crippen LogP contribution < -0.4 is 5.73 Å². The highest BCUT2D eigenvalue weighted by Gasteiger charge is 2.06. The first-order valence-corrected chi connectivity index (χ1v) is 7.73. The smallest absolute Gasteiger partial charge is 0.135 e. The Kier molecular flexibility index (Phi) is 5.42. The summed E-state index contributed by atoms with van der Waals surface area (Å²) in [5.74, 6) is 0. The lowest BCUT2D eigenvalue weighted by atomic mass is 10.1. The summed E-state index contributed by atoms with van der Waals surface area (Å²) in [4.78, 5) is 0. The number of para-hydroxylation sites is 1. The van der Waals surface area contributed by atoms with Gasteiger partial charge in [0.05, 0.1) is 0 Å². The van der Waals surface area contributed by atoms with Crippen molar-refractivity contribution in [3.63, 3.8) is 0 Å². The molecule has 2 heteroatoms. The van der Waals surface area contributed by atoms with Gasteiger partial charge in [-0.2, -0.15) is 0 Å². The van der Waals surface area contributed by atoms with Crippen LogP contribution in [0.5, 0.6) is 0 Å². The van der Waals surface area contributed by atoms with Crippen LogP contribution in [0.15, 0.2) is 70.8 Å². The number of furan rings is 1. The van der Waals surface area contributed by atoms with E-state index in [2.05, 4.69) is 31.2 Å². The average molecular weight is 293 g/mol. The second-order valence-electron chi connectivity index (χ2n) is 4.94. The van der Waals surface area contributed by atoms with Gasteiger partial charge < -0.3 is 10.2 Å². The first kappa shape index (κ1) is 15.9. The molecule has 3 rings (SSSR count). The van der Waals surface area contributed by atoms with E-state index in [-0.39, 0.29) is 0 Å². The van der Waals surface area contributed by atoms with Crippen LogP contribution >= 0.6 is 0 Å². The van der Waals surface area contributed by atoms with Crippen molar-refractivity contribution < 1.29 is 4.42 Å². The van der Waals surface area contributed by atoms with Crippen LogP contribution in [0.2, 0.25) is 0 Å². The fourth-order valence-electron chi connectivity index (χ4n) is 2.40. The second kappa shape index (κ2) is 7.51. The van der Waals surface area contributed by atoms with E-state index in [1.165, 1.54) is 21.9 Å². The van der Waals surface area contributed by atoms with Crippen molar-refractivity contribution in [2.75, 3.05) is 0 Å². The third kappa shape index (κ3) is 3.40. The summed E-state index contributed by atoms with van der Waals surface area (Å²) in [7, 11) is 0. The Morgan fingerprint density at radius 3 is 2.55 bits per heavy atom. The summed E-state index contributed by atoms with van der Waals surface area (Å²) in [6.07, 6.45) is 6.54. The lowest BCUT2D eigenvalue weighted by Gasteiger charge is -1.98. The van der Waals surface area contributed by atoms with Crippen LogP contribution in [0.1, 0.15) is 26.3 Å². The normalized spacial score (nSPS) is 11.9. The summed E-state index contributed by atoms with van der Waals surface area (Å²) in [6, 6.07) is 14.5. The number of rotatable bonds is 3. The molecule has 2 N–H and O–H groups in total. The molecule has 0 aliphatic rings. The molecule has 0 amide bonds. The molecule has 0 saturated heterocycles. The third-order valence-corrected chi connectivity index (χ3v) is 3.46. The highest BCUT2D eigenvalue weighted by molar-refractivity contribution is 6.04. The van der Waals surface area contributed by atoms with Gasteiger partial charge in [-0.15, -0.1) is 0 Å². The van der Waals surface area contributed by atoms with Gasteiger partial charge in [0, 0.05) is 10.8 Å². The Bertz CT molecular complexity index is 809. The fourth-order valence-corrected chi connectivity index (χ4v) is 2.40. The number of benzene rings is 2. The third-order valence-electron chi connectivity index (χ3n) is 3.46. The van der Waals surface area contributed by atoms with Crippen LogP contribution in [0.4, 0.5) is 0 Å². The maximum absolute atomic E-state index is 5.83. The predicted molar refractivity (Wildman–Crippen MR) is 95.9 cm³/mol.